The monoisotopic (exact) mass is 167 g/mol. The lowest BCUT2D eigenvalue weighted by atomic mass is 10.4. The molecule has 3 N–H and O–H groups in total. The Hall–Kier alpha value is -1.78. The van der Waals surface area contributed by atoms with Gasteiger partial charge in [-0.25, -0.2) is 4.98 Å². The second kappa shape index (κ2) is 3.56. The standard InChI is InChI=1S/C7H9N3O2/c1-5(11)9-10-7-6(12)3-2-4-8-7/h2-4,12H,1H3,(H,8,10)(H,9,11). The van der Waals surface area contributed by atoms with E-state index in [1.54, 1.807) is 6.07 Å². The van der Waals surface area contributed by atoms with Crippen molar-refractivity contribution < 1.29 is 9.90 Å². The highest BCUT2D eigenvalue weighted by atomic mass is 16.3. The number of hydrogen-bond acceptors (Lipinski definition) is 4. The molecule has 0 spiro atoms. The predicted octanol–water partition coefficient (Wildman–Crippen LogP) is 0.250. The maximum atomic E-state index is 10.4. The summed E-state index contributed by atoms with van der Waals surface area (Å²) in [4.78, 5) is 14.2. The second-order valence-electron chi connectivity index (χ2n) is 2.18. The van der Waals surface area contributed by atoms with Gasteiger partial charge in [-0.15, -0.1) is 0 Å². The molecule has 0 saturated carbocycles. The van der Waals surface area contributed by atoms with Gasteiger partial charge in [-0.1, -0.05) is 0 Å². The molecule has 1 rings (SSSR count). The molecule has 1 aromatic heterocycles. The van der Waals surface area contributed by atoms with Crippen LogP contribution in [0.5, 0.6) is 5.75 Å². The number of rotatable bonds is 2. The maximum Gasteiger partial charge on any atom is 0.235 e. The summed E-state index contributed by atoms with van der Waals surface area (Å²) in [5.74, 6) is -0.0287. The Bertz CT molecular complexity index is 288. The minimum Gasteiger partial charge on any atom is -0.504 e. The first kappa shape index (κ1) is 8.32. The van der Waals surface area contributed by atoms with Crippen LogP contribution < -0.4 is 10.9 Å². The van der Waals surface area contributed by atoms with Crippen LogP contribution in [-0.4, -0.2) is 16.0 Å². The van der Waals surface area contributed by atoms with Gasteiger partial charge < -0.3 is 5.11 Å². The molecule has 0 bridgehead atoms. The van der Waals surface area contributed by atoms with Crippen LogP contribution in [0.1, 0.15) is 6.92 Å². The van der Waals surface area contributed by atoms with Gasteiger partial charge >= 0.3 is 0 Å². The van der Waals surface area contributed by atoms with Crippen LogP contribution in [0.3, 0.4) is 0 Å². The molecule has 0 atom stereocenters. The zero-order valence-corrected chi connectivity index (χ0v) is 6.53. The predicted molar refractivity (Wildman–Crippen MR) is 43.3 cm³/mol. The summed E-state index contributed by atoms with van der Waals surface area (Å²) in [6.45, 7) is 1.35. The Labute approximate surface area is 69.4 Å². The van der Waals surface area contributed by atoms with E-state index < -0.39 is 0 Å². The highest BCUT2D eigenvalue weighted by molar-refractivity contribution is 5.74. The molecule has 1 amide bonds. The number of hydrogen-bond donors (Lipinski definition) is 3. The van der Waals surface area contributed by atoms with Crippen LogP contribution in [-0.2, 0) is 4.79 Å². The minimum atomic E-state index is -0.250. The second-order valence-corrected chi connectivity index (χ2v) is 2.18. The number of nitrogens with zero attached hydrogens (tertiary/aromatic N) is 1. The first-order valence-electron chi connectivity index (χ1n) is 3.36. The topological polar surface area (TPSA) is 74.2 Å². The van der Waals surface area contributed by atoms with E-state index >= 15 is 0 Å². The maximum absolute atomic E-state index is 10.4. The summed E-state index contributed by atoms with van der Waals surface area (Å²) in [6.07, 6.45) is 1.50. The number of hydrazine groups is 1. The molecule has 0 unspecified atom stereocenters. The molecule has 0 aliphatic rings. The normalized spacial score (nSPS) is 9.08. The zero-order chi connectivity index (χ0) is 8.97. The van der Waals surface area contributed by atoms with Crippen molar-refractivity contribution in [1.82, 2.24) is 10.4 Å². The van der Waals surface area contributed by atoms with Crippen molar-refractivity contribution >= 4 is 11.7 Å². The molecule has 0 fully saturated rings. The van der Waals surface area contributed by atoms with Crippen LogP contribution in [0.2, 0.25) is 0 Å². The van der Waals surface area contributed by atoms with E-state index in [0.29, 0.717) is 0 Å². The van der Waals surface area contributed by atoms with E-state index in [1.807, 2.05) is 0 Å². The van der Waals surface area contributed by atoms with E-state index in [2.05, 4.69) is 15.8 Å². The van der Waals surface area contributed by atoms with Crippen molar-refractivity contribution in [2.24, 2.45) is 0 Å². The average molecular weight is 167 g/mol. The summed E-state index contributed by atoms with van der Waals surface area (Å²) in [5.41, 5.74) is 4.74. The van der Waals surface area contributed by atoms with E-state index in [1.165, 1.54) is 19.2 Å². The molecule has 1 heterocycles. The molecule has 1 aromatic rings. The largest absolute Gasteiger partial charge is 0.504 e. The van der Waals surface area contributed by atoms with Crippen molar-refractivity contribution in [3.05, 3.63) is 18.3 Å². The summed E-state index contributed by atoms with van der Waals surface area (Å²) >= 11 is 0. The molecule has 0 radical (unpaired) electrons. The molecular formula is C7H9N3O2. The number of aromatic hydroxyl groups is 1. The molecule has 5 nitrogen and oxygen atoms in total. The molecule has 0 aromatic carbocycles. The van der Waals surface area contributed by atoms with Gasteiger partial charge in [0.1, 0.15) is 0 Å². The number of amides is 1. The lowest BCUT2D eigenvalue weighted by Crippen LogP contribution is -2.26. The highest BCUT2D eigenvalue weighted by Gasteiger charge is 1.99. The molecule has 0 saturated heterocycles. The molecule has 64 valence electrons. The molecule has 5 heteroatoms. The van der Waals surface area contributed by atoms with Gasteiger partial charge in [0.05, 0.1) is 0 Å². The number of carbonyl (C=O) groups excluding carboxylic acids is 1. The number of carbonyl (C=O) groups is 1. The smallest absolute Gasteiger partial charge is 0.235 e. The fraction of sp³-hybridized carbons (Fsp3) is 0.143. The number of anilines is 1. The third-order valence-electron chi connectivity index (χ3n) is 1.14. The minimum absolute atomic E-state index is 0.00810. The first-order chi connectivity index (χ1) is 5.70. The number of aromatic nitrogens is 1. The Morgan fingerprint density at radius 1 is 1.67 bits per heavy atom. The molecule has 0 aliphatic carbocycles. The lowest BCUT2D eigenvalue weighted by Gasteiger charge is -2.05. The zero-order valence-electron chi connectivity index (χ0n) is 6.53. The fourth-order valence-electron chi connectivity index (χ4n) is 0.640. The third kappa shape index (κ3) is 2.12. The highest BCUT2D eigenvalue weighted by Crippen LogP contribution is 2.16. The van der Waals surface area contributed by atoms with Gasteiger partial charge in [0.2, 0.25) is 5.91 Å². The van der Waals surface area contributed by atoms with Crippen LogP contribution in [0.15, 0.2) is 18.3 Å². The lowest BCUT2D eigenvalue weighted by molar-refractivity contribution is -0.118. The number of nitrogens with one attached hydrogen (secondary N) is 2. The molecule has 12 heavy (non-hydrogen) atoms. The first-order valence-corrected chi connectivity index (χ1v) is 3.36. The van der Waals surface area contributed by atoms with Gasteiger partial charge in [0.25, 0.3) is 0 Å². The summed E-state index contributed by atoms with van der Waals surface area (Å²) in [6, 6.07) is 3.06. The van der Waals surface area contributed by atoms with Crippen molar-refractivity contribution in [2.45, 2.75) is 6.92 Å². The van der Waals surface area contributed by atoms with Crippen molar-refractivity contribution in [3.8, 4) is 5.75 Å². The average Bonchev–Trinajstić information content (AvgIpc) is 2.03. The van der Waals surface area contributed by atoms with Crippen LogP contribution in [0.4, 0.5) is 5.82 Å². The van der Waals surface area contributed by atoms with Gasteiger partial charge in [-0.2, -0.15) is 0 Å². The SMILES string of the molecule is CC(=O)NNc1ncccc1O. The summed E-state index contributed by atoms with van der Waals surface area (Å²) < 4.78 is 0. The van der Waals surface area contributed by atoms with Crippen LogP contribution in [0.25, 0.3) is 0 Å². The van der Waals surface area contributed by atoms with Crippen molar-refractivity contribution in [3.63, 3.8) is 0 Å². The van der Waals surface area contributed by atoms with E-state index in [4.69, 9.17) is 5.11 Å². The van der Waals surface area contributed by atoms with Crippen LogP contribution >= 0.6 is 0 Å². The summed E-state index contributed by atoms with van der Waals surface area (Å²) in [5, 5.41) is 9.15. The van der Waals surface area contributed by atoms with E-state index in [9.17, 15) is 4.79 Å². The Morgan fingerprint density at radius 3 is 3.00 bits per heavy atom. The molecular weight excluding hydrogens is 158 g/mol. The van der Waals surface area contributed by atoms with Gasteiger partial charge in [-0.05, 0) is 12.1 Å². The Balaban J connectivity index is 2.63. The molecule has 0 aliphatic heterocycles. The van der Waals surface area contributed by atoms with Crippen LogP contribution in [0, 0.1) is 0 Å². The van der Waals surface area contributed by atoms with Gasteiger partial charge in [-0.3, -0.25) is 15.6 Å². The van der Waals surface area contributed by atoms with Crippen molar-refractivity contribution in [1.29, 1.82) is 0 Å². The van der Waals surface area contributed by atoms with Crippen molar-refractivity contribution in [2.75, 3.05) is 5.43 Å². The quantitative estimate of drug-likeness (QED) is 0.552. The van der Waals surface area contributed by atoms with Gasteiger partial charge in [0.15, 0.2) is 11.6 Å². The fourth-order valence-corrected chi connectivity index (χ4v) is 0.640. The van der Waals surface area contributed by atoms with E-state index in [0.717, 1.165) is 0 Å². The Kier molecular flexibility index (Phi) is 2.47. The third-order valence-corrected chi connectivity index (χ3v) is 1.14. The van der Waals surface area contributed by atoms with Gasteiger partial charge in [0, 0.05) is 13.1 Å². The Morgan fingerprint density at radius 2 is 2.42 bits per heavy atom. The summed E-state index contributed by atoms with van der Waals surface area (Å²) in [7, 11) is 0. The number of pyridine rings is 1. The van der Waals surface area contributed by atoms with E-state index in [-0.39, 0.29) is 17.5 Å².